The standard InChI is InChI=1S/C13H12Cl2N4O2/c1-3-16-13-17-7(2)12(19(20)21)11(18-13)8-4-9(14)6-10(15)5-8/h4-6H,3H2,1-2H3,(H,16,17,18). The zero-order chi connectivity index (χ0) is 15.6. The van der Waals surface area contributed by atoms with Crippen LogP contribution < -0.4 is 5.32 Å². The Morgan fingerprint density at radius 2 is 1.86 bits per heavy atom. The number of hydrogen-bond acceptors (Lipinski definition) is 5. The van der Waals surface area contributed by atoms with Crippen LogP contribution in [0.4, 0.5) is 11.6 Å². The van der Waals surface area contributed by atoms with E-state index in [2.05, 4.69) is 15.3 Å². The fourth-order valence-electron chi connectivity index (χ4n) is 1.91. The van der Waals surface area contributed by atoms with E-state index in [4.69, 9.17) is 23.2 Å². The Hall–Kier alpha value is -1.92. The lowest BCUT2D eigenvalue weighted by Gasteiger charge is -2.09. The van der Waals surface area contributed by atoms with Gasteiger partial charge in [0.15, 0.2) is 5.69 Å². The fourth-order valence-corrected chi connectivity index (χ4v) is 2.44. The van der Waals surface area contributed by atoms with Gasteiger partial charge in [0.1, 0.15) is 5.69 Å². The molecular weight excluding hydrogens is 315 g/mol. The molecule has 8 heteroatoms. The highest BCUT2D eigenvalue weighted by Crippen LogP contribution is 2.34. The molecule has 1 heterocycles. The summed E-state index contributed by atoms with van der Waals surface area (Å²) in [6, 6.07) is 4.72. The van der Waals surface area contributed by atoms with Gasteiger partial charge in [0.05, 0.1) is 4.92 Å². The number of aryl methyl sites for hydroxylation is 1. The quantitative estimate of drug-likeness (QED) is 0.675. The highest BCUT2D eigenvalue weighted by Gasteiger charge is 2.23. The zero-order valence-electron chi connectivity index (χ0n) is 11.4. The average Bonchev–Trinajstić information content (AvgIpc) is 2.36. The van der Waals surface area contributed by atoms with Gasteiger partial charge in [-0.3, -0.25) is 10.1 Å². The van der Waals surface area contributed by atoms with Crippen LogP contribution in [0.15, 0.2) is 18.2 Å². The maximum absolute atomic E-state index is 11.3. The molecule has 1 N–H and O–H groups in total. The van der Waals surface area contributed by atoms with E-state index < -0.39 is 4.92 Å². The van der Waals surface area contributed by atoms with Crippen molar-refractivity contribution in [3.63, 3.8) is 0 Å². The maximum atomic E-state index is 11.3. The second-order valence-corrected chi connectivity index (χ2v) is 5.15. The first-order valence-corrected chi connectivity index (χ1v) is 6.91. The van der Waals surface area contributed by atoms with Gasteiger partial charge in [0, 0.05) is 22.2 Å². The van der Waals surface area contributed by atoms with E-state index in [0.29, 0.717) is 28.1 Å². The minimum atomic E-state index is -0.505. The van der Waals surface area contributed by atoms with Gasteiger partial charge in [0.2, 0.25) is 5.95 Å². The molecule has 0 aliphatic heterocycles. The average molecular weight is 327 g/mol. The van der Waals surface area contributed by atoms with Crippen LogP contribution in [0, 0.1) is 17.0 Å². The number of anilines is 1. The largest absolute Gasteiger partial charge is 0.354 e. The molecule has 0 bridgehead atoms. The van der Waals surface area contributed by atoms with Gasteiger partial charge >= 0.3 is 5.69 Å². The number of nitrogens with zero attached hydrogens (tertiary/aromatic N) is 3. The first-order valence-electron chi connectivity index (χ1n) is 6.15. The molecule has 0 aliphatic rings. The van der Waals surface area contributed by atoms with E-state index in [9.17, 15) is 10.1 Å². The number of benzene rings is 1. The van der Waals surface area contributed by atoms with Crippen molar-refractivity contribution >= 4 is 34.8 Å². The molecule has 0 atom stereocenters. The second kappa shape index (κ2) is 6.24. The maximum Gasteiger partial charge on any atom is 0.316 e. The number of hydrogen-bond donors (Lipinski definition) is 1. The first-order chi connectivity index (χ1) is 9.92. The minimum Gasteiger partial charge on any atom is -0.354 e. The summed E-state index contributed by atoms with van der Waals surface area (Å²) >= 11 is 11.9. The molecule has 2 rings (SSSR count). The highest BCUT2D eigenvalue weighted by molar-refractivity contribution is 6.35. The Morgan fingerprint density at radius 3 is 2.38 bits per heavy atom. The van der Waals surface area contributed by atoms with E-state index >= 15 is 0 Å². The molecule has 0 aliphatic carbocycles. The lowest BCUT2D eigenvalue weighted by molar-refractivity contribution is -0.385. The van der Waals surface area contributed by atoms with E-state index in [0.717, 1.165) is 0 Å². The summed E-state index contributed by atoms with van der Waals surface area (Å²) in [5, 5.41) is 15.0. The van der Waals surface area contributed by atoms with Crippen LogP contribution in [-0.2, 0) is 0 Å². The van der Waals surface area contributed by atoms with Crippen LogP contribution in [0.1, 0.15) is 12.6 Å². The van der Waals surface area contributed by atoms with Crippen LogP contribution in [0.5, 0.6) is 0 Å². The summed E-state index contributed by atoms with van der Waals surface area (Å²) in [6.07, 6.45) is 0. The summed E-state index contributed by atoms with van der Waals surface area (Å²) in [5.74, 6) is 0.326. The second-order valence-electron chi connectivity index (χ2n) is 4.28. The van der Waals surface area contributed by atoms with Crippen LogP contribution in [-0.4, -0.2) is 21.4 Å². The van der Waals surface area contributed by atoms with Crippen molar-refractivity contribution in [2.45, 2.75) is 13.8 Å². The SMILES string of the molecule is CCNc1nc(C)c([N+](=O)[O-])c(-c2cc(Cl)cc(Cl)c2)n1. The predicted molar refractivity (Wildman–Crippen MR) is 83.0 cm³/mol. The third-order valence-electron chi connectivity index (χ3n) is 2.71. The Morgan fingerprint density at radius 1 is 1.24 bits per heavy atom. The molecule has 21 heavy (non-hydrogen) atoms. The van der Waals surface area contributed by atoms with Crippen molar-refractivity contribution in [3.05, 3.63) is 44.1 Å². The molecule has 6 nitrogen and oxygen atoms in total. The molecule has 0 unspecified atom stereocenters. The topological polar surface area (TPSA) is 81.0 Å². The van der Waals surface area contributed by atoms with Gasteiger partial charge in [-0.05, 0) is 32.0 Å². The van der Waals surface area contributed by atoms with Gasteiger partial charge < -0.3 is 5.32 Å². The van der Waals surface area contributed by atoms with Gasteiger partial charge in [-0.25, -0.2) is 9.97 Å². The van der Waals surface area contributed by atoms with Crippen molar-refractivity contribution in [3.8, 4) is 11.3 Å². The fraction of sp³-hybridized carbons (Fsp3) is 0.231. The summed E-state index contributed by atoms with van der Waals surface area (Å²) in [6.45, 7) is 4.05. The molecule has 1 aromatic carbocycles. The molecule has 0 saturated carbocycles. The van der Waals surface area contributed by atoms with Crippen molar-refractivity contribution in [1.29, 1.82) is 0 Å². The van der Waals surface area contributed by atoms with Crippen LogP contribution >= 0.6 is 23.2 Å². The predicted octanol–water partition coefficient (Wildman–Crippen LogP) is 4.10. The third-order valence-corrected chi connectivity index (χ3v) is 3.15. The summed E-state index contributed by atoms with van der Waals surface area (Å²) < 4.78 is 0. The number of aromatic nitrogens is 2. The number of rotatable bonds is 4. The lowest BCUT2D eigenvalue weighted by atomic mass is 10.1. The number of halogens is 2. The number of nitro groups is 1. The molecular formula is C13H12Cl2N4O2. The van der Waals surface area contributed by atoms with Gasteiger partial charge in [-0.1, -0.05) is 23.2 Å². The molecule has 2 aromatic rings. The van der Waals surface area contributed by atoms with Crippen molar-refractivity contribution in [2.75, 3.05) is 11.9 Å². The van der Waals surface area contributed by atoms with Crippen LogP contribution in [0.2, 0.25) is 10.0 Å². The normalized spacial score (nSPS) is 10.5. The van der Waals surface area contributed by atoms with Crippen molar-refractivity contribution in [2.24, 2.45) is 0 Å². The highest BCUT2D eigenvalue weighted by atomic mass is 35.5. The van der Waals surface area contributed by atoms with E-state index in [-0.39, 0.29) is 17.1 Å². The summed E-state index contributed by atoms with van der Waals surface area (Å²) in [4.78, 5) is 19.1. The third kappa shape index (κ3) is 3.40. The Kier molecular flexibility index (Phi) is 4.59. The number of nitrogens with one attached hydrogen (secondary N) is 1. The van der Waals surface area contributed by atoms with Gasteiger partial charge in [-0.2, -0.15) is 0 Å². The van der Waals surface area contributed by atoms with Crippen LogP contribution in [0.25, 0.3) is 11.3 Å². The Balaban J connectivity index is 2.71. The van der Waals surface area contributed by atoms with Crippen molar-refractivity contribution < 1.29 is 4.92 Å². The molecule has 110 valence electrons. The summed E-state index contributed by atoms with van der Waals surface area (Å²) in [5.41, 5.74) is 0.781. The van der Waals surface area contributed by atoms with Gasteiger partial charge in [0.25, 0.3) is 0 Å². The lowest BCUT2D eigenvalue weighted by Crippen LogP contribution is -2.07. The van der Waals surface area contributed by atoms with Crippen molar-refractivity contribution in [1.82, 2.24) is 9.97 Å². The van der Waals surface area contributed by atoms with E-state index in [1.165, 1.54) is 0 Å². The first kappa shape index (κ1) is 15.5. The Bertz CT molecular complexity index is 687. The summed E-state index contributed by atoms with van der Waals surface area (Å²) in [7, 11) is 0. The molecule has 0 spiro atoms. The molecule has 1 aromatic heterocycles. The molecule has 0 saturated heterocycles. The minimum absolute atomic E-state index is 0.157. The molecule has 0 fully saturated rings. The van der Waals surface area contributed by atoms with Gasteiger partial charge in [-0.15, -0.1) is 0 Å². The van der Waals surface area contributed by atoms with Crippen LogP contribution in [0.3, 0.4) is 0 Å². The Labute approximate surface area is 131 Å². The monoisotopic (exact) mass is 326 g/mol. The van der Waals surface area contributed by atoms with E-state index in [1.54, 1.807) is 25.1 Å². The zero-order valence-corrected chi connectivity index (χ0v) is 12.9. The smallest absolute Gasteiger partial charge is 0.316 e. The molecule has 0 radical (unpaired) electrons. The van der Waals surface area contributed by atoms with E-state index in [1.807, 2.05) is 6.92 Å². The molecule has 0 amide bonds.